The Bertz CT molecular complexity index is 745. The number of carbonyl (C=O) groups excluding carboxylic acids is 1. The molecule has 112 valence electrons. The number of nitro groups is 1. The topological polar surface area (TPSA) is 72.2 Å². The highest BCUT2D eigenvalue weighted by Gasteiger charge is 2.10. The number of nitrogens with zero attached hydrogens (tertiary/aromatic N) is 1. The van der Waals surface area contributed by atoms with Crippen LogP contribution in [-0.2, 0) is 4.79 Å². The molecule has 0 aliphatic rings. The molecule has 22 heavy (non-hydrogen) atoms. The van der Waals surface area contributed by atoms with Crippen LogP contribution in [0.2, 0.25) is 5.02 Å². The number of benzene rings is 2. The number of hydrogen-bond acceptors (Lipinski definition) is 3. The number of carbonyl (C=O) groups is 1. The van der Waals surface area contributed by atoms with Crippen molar-refractivity contribution in [3.8, 4) is 0 Å². The Labute approximate surface area is 139 Å². The Kier molecular flexibility index (Phi) is 5.30. The van der Waals surface area contributed by atoms with Gasteiger partial charge in [-0.25, -0.2) is 0 Å². The number of nitro benzene ring substituents is 1. The van der Waals surface area contributed by atoms with Gasteiger partial charge >= 0.3 is 0 Å². The van der Waals surface area contributed by atoms with Gasteiger partial charge in [-0.2, -0.15) is 0 Å². The van der Waals surface area contributed by atoms with Crippen LogP contribution in [0.4, 0.5) is 11.4 Å². The van der Waals surface area contributed by atoms with Crippen molar-refractivity contribution < 1.29 is 9.72 Å². The van der Waals surface area contributed by atoms with E-state index in [1.807, 2.05) is 0 Å². The standard InChI is InChI=1S/C15H10BrClN2O3/c16-13-9-12(19(21)22)6-7-14(13)18-15(20)8-3-10-1-4-11(17)5-2-10/h1-9H,(H,18,20)/b8-3+. The molecule has 0 aliphatic carbocycles. The van der Waals surface area contributed by atoms with Gasteiger partial charge in [-0.3, -0.25) is 14.9 Å². The number of hydrogen-bond donors (Lipinski definition) is 1. The predicted molar refractivity (Wildman–Crippen MR) is 89.9 cm³/mol. The van der Waals surface area contributed by atoms with Gasteiger partial charge < -0.3 is 5.32 Å². The van der Waals surface area contributed by atoms with Crippen molar-refractivity contribution in [2.24, 2.45) is 0 Å². The Hall–Kier alpha value is -2.18. The van der Waals surface area contributed by atoms with Crippen molar-refractivity contribution in [2.45, 2.75) is 0 Å². The molecule has 0 saturated heterocycles. The van der Waals surface area contributed by atoms with Crippen LogP contribution < -0.4 is 5.32 Å². The molecular weight excluding hydrogens is 372 g/mol. The zero-order valence-corrected chi connectivity index (χ0v) is 13.5. The van der Waals surface area contributed by atoms with E-state index in [1.165, 1.54) is 24.3 Å². The molecule has 0 radical (unpaired) electrons. The van der Waals surface area contributed by atoms with Gasteiger partial charge in [-0.15, -0.1) is 0 Å². The lowest BCUT2D eigenvalue weighted by Crippen LogP contribution is -2.08. The first-order valence-electron chi connectivity index (χ1n) is 6.14. The number of non-ortho nitro benzene ring substituents is 1. The first kappa shape index (κ1) is 16.2. The van der Waals surface area contributed by atoms with Crippen molar-refractivity contribution in [3.63, 3.8) is 0 Å². The average molecular weight is 382 g/mol. The smallest absolute Gasteiger partial charge is 0.270 e. The van der Waals surface area contributed by atoms with Crippen LogP contribution in [-0.4, -0.2) is 10.8 Å². The molecule has 0 atom stereocenters. The van der Waals surface area contributed by atoms with Crippen LogP contribution in [0.5, 0.6) is 0 Å². The summed E-state index contributed by atoms with van der Waals surface area (Å²) < 4.78 is 0.440. The highest BCUT2D eigenvalue weighted by atomic mass is 79.9. The number of halogens is 2. The summed E-state index contributed by atoms with van der Waals surface area (Å²) in [7, 11) is 0. The highest BCUT2D eigenvalue weighted by Crippen LogP contribution is 2.27. The van der Waals surface area contributed by atoms with E-state index >= 15 is 0 Å². The molecule has 2 aromatic rings. The van der Waals surface area contributed by atoms with Crippen LogP contribution in [0, 0.1) is 10.1 Å². The number of rotatable bonds is 4. The SMILES string of the molecule is O=C(/C=C/c1ccc(Cl)cc1)Nc1ccc([N+](=O)[O-])cc1Br. The second-order valence-corrected chi connectivity index (χ2v) is 5.59. The Morgan fingerprint density at radius 1 is 1.23 bits per heavy atom. The largest absolute Gasteiger partial charge is 0.321 e. The summed E-state index contributed by atoms with van der Waals surface area (Å²) in [6, 6.07) is 11.2. The van der Waals surface area contributed by atoms with Crippen LogP contribution in [0.15, 0.2) is 53.0 Å². The van der Waals surface area contributed by atoms with Crippen molar-refractivity contribution >= 4 is 50.9 Å². The summed E-state index contributed by atoms with van der Waals surface area (Å²) in [6.07, 6.45) is 3.02. The molecule has 5 nitrogen and oxygen atoms in total. The van der Waals surface area contributed by atoms with E-state index in [0.717, 1.165) is 5.56 Å². The third kappa shape index (κ3) is 4.41. The van der Waals surface area contributed by atoms with Crippen molar-refractivity contribution in [3.05, 3.63) is 73.7 Å². The monoisotopic (exact) mass is 380 g/mol. The number of nitrogens with one attached hydrogen (secondary N) is 1. The minimum Gasteiger partial charge on any atom is -0.321 e. The maximum absolute atomic E-state index is 11.8. The Balaban J connectivity index is 2.05. The molecule has 0 aromatic heterocycles. The lowest BCUT2D eigenvalue weighted by molar-refractivity contribution is -0.384. The van der Waals surface area contributed by atoms with Crippen LogP contribution >= 0.6 is 27.5 Å². The summed E-state index contributed by atoms with van der Waals surface area (Å²) in [4.78, 5) is 22.0. The van der Waals surface area contributed by atoms with E-state index in [0.29, 0.717) is 15.2 Å². The van der Waals surface area contributed by atoms with Crippen LogP contribution in [0.1, 0.15) is 5.56 Å². The fourth-order valence-corrected chi connectivity index (χ4v) is 2.23. The second kappa shape index (κ2) is 7.20. The molecule has 0 aliphatic heterocycles. The Morgan fingerprint density at radius 2 is 1.91 bits per heavy atom. The zero-order valence-electron chi connectivity index (χ0n) is 11.1. The maximum atomic E-state index is 11.8. The minimum atomic E-state index is -0.503. The summed E-state index contributed by atoms with van der Waals surface area (Å²) >= 11 is 8.97. The zero-order chi connectivity index (χ0) is 16.1. The third-order valence-corrected chi connectivity index (χ3v) is 3.63. The van der Waals surface area contributed by atoms with Crippen molar-refractivity contribution in [1.82, 2.24) is 0 Å². The van der Waals surface area contributed by atoms with E-state index in [-0.39, 0.29) is 11.6 Å². The maximum Gasteiger partial charge on any atom is 0.270 e. The van der Waals surface area contributed by atoms with E-state index < -0.39 is 4.92 Å². The second-order valence-electron chi connectivity index (χ2n) is 4.30. The highest BCUT2D eigenvalue weighted by molar-refractivity contribution is 9.10. The van der Waals surface area contributed by atoms with Crippen LogP contribution in [0.3, 0.4) is 0 Å². The van der Waals surface area contributed by atoms with Gasteiger partial charge in [0.2, 0.25) is 5.91 Å². The summed E-state index contributed by atoms with van der Waals surface area (Å²) in [5.74, 6) is -0.343. The van der Waals surface area contributed by atoms with E-state index in [2.05, 4.69) is 21.2 Å². The predicted octanol–water partition coefficient (Wildman–Crippen LogP) is 4.66. The van der Waals surface area contributed by atoms with Crippen molar-refractivity contribution in [2.75, 3.05) is 5.32 Å². The fourth-order valence-electron chi connectivity index (χ4n) is 1.64. The molecule has 7 heteroatoms. The normalized spacial score (nSPS) is 10.6. The van der Waals surface area contributed by atoms with Gasteiger partial charge in [0.1, 0.15) is 0 Å². The summed E-state index contributed by atoms with van der Waals surface area (Å²) in [5.41, 5.74) is 1.24. The first-order chi connectivity index (χ1) is 10.5. The summed E-state index contributed by atoms with van der Waals surface area (Å²) in [6.45, 7) is 0. The first-order valence-corrected chi connectivity index (χ1v) is 7.31. The van der Waals surface area contributed by atoms with E-state index in [9.17, 15) is 14.9 Å². The lowest BCUT2D eigenvalue weighted by Gasteiger charge is -2.04. The van der Waals surface area contributed by atoms with E-state index in [1.54, 1.807) is 30.3 Å². The molecule has 0 heterocycles. The number of anilines is 1. The lowest BCUT2D eigenvalue weighted by atomic mass is 10.2. The van der Waals surface area contributed by atoms with Gasteiger partial charge in [0.25, 0.3) is 5.69 Å². The molecule has 0 bridgehead atoms. The number of amides is 1. The van der Waals surface area contributed by atoms with Gasteiger partial charge in [0.15, 0.2) is 0 Å². The molecule has 2 rings (SSSR count). The molecular formula is C15H10BrClN2O3. The van der Waals surface area contributed by atoms with Gasteiger partial charge in [0.05, 0.1) is 10.6 Å². The molecule has 1 amide bonds. The molecule has 0 saturated carbocycles. The molecule has 1 N–H and O–H groups in total. The average Bonchev–Trinajstić information content (AvgIpc) is 2.48. The third-order valence-electron chi connectivity index (χ3n) is 2.72. The van der Waals surface area contributed by atoms with Gasteiger partial charge in [0, 0.05) is 27.7 Å². The van der Waals surface area contributed by atoms with Gasteiger partial charge in [-0.05, 0) is 45.8 Å². The minimum absolute atomic E-state index is 0.0541. The van der Waals surface area contributed by atoms with Crippen molar-refractivity contribution in [1.29, 1.82) is 0 Å². The quantitative estimate of drug-likeness (QED) is 0.475. The van der Waals surface area contributed by atoms with Crippen LogP contribution in [0.25, 0.3) is 6.08 Å². The summed E-state index contributed by atoms with van der Waals surface area (Å²) in [5, 5.41) is 13.9. The molecule has 0 unspecified atom stereocenters. The van der Waals surface area contributed by atoms with Gasteiger partial charge in [-0.1, -0.05) is 23.7 Å². The fraction of sp³-hybridized carbons (Fsp3) is 0. The molecule has 2 aromatic carbocycles. The van der Waals surface area contributed by atoms with E-state index in [4.69, 9.17) is 11.6 Å². The molecule has 0 spiro atoms. The molecule has 0 fully saturated rings. The Morgan fingerprint density at radius 3 is 2.50 bits per heavy atom.